The molecule has 0 spiro atoms. The number of hydrogen-bond acceptors (Lipinski definition) is 15. The first-order chi connectivity index (χ1) is 48.2. The van der Waals surface area contributed by atoms with Gasteiger partial charge in [-0.05, 0) is 43.4 Å². The molecule has 17 nitrogen and oxygen atoms in total. The summed E-state index contributed by atoms with van der Waals surface area (Å²) in [6.45, 7) is 12.0. The lowest BCUT2D eigenvalue weighted by Crippen LogP contribution is -2.30. The Labute approximate surface area is 613 Å². The maximum absolute atomic E-state index is 13.1. The van der Waals surface area contributed by atoms with Crippen LogP contribution in [-0.2, 0) is 65.4 Å². The van der Waals surface area contributed by atoms with Crippen molar-refractivity contribution in [3.8, 4) is 0 Å². The third-order valence-electron chi connectivity index (χ3n) is 18.9. The molecule has 100 heavy (non-hydrogen) atoms. The van der Waals surface area contributed by atoms with Crippen LogP contribution >= 0.6 is 15.6 Å². The normalized spacial score (nSPS) is 14.0. The highest BCUT2D eigenvalue weighted by atomic mass is 31.2. The second-order valence-corrected chi connectivity index (χ2v) is 33.5. The summed E-state index contributed by atoms with van der Waals surface area (Å²) in [4.78, 5) is 73.1. The molecular weight excluding hydrogens is 1310 g/mol. The lowest BCUT2D eigenvalue weighted by atomic mass is 10.0. The Bertz CT molecular complexity index is 1940. The van der Waals surface area contributed by atoms with Gasteiger partial charge in [0.15, 0.2) is 12.2 Å². The molecule has 19 heteroatoms. The van der Waals surface area contributed by atoms with Crippen LogP contribution in [0.15, 0.2) is 0 Å². The van der Waals surface area contributed by atoms with Gasteiger partial charge in [-0.1, -0.05) is 370 Å². The second-order valence-electron chi connectivity index (χ2n) is 30.6. The summed E-state index contributed by atoms with van der Waals surface area (Å²) in [7, 11) is -9.92. The van der Waals surface area contributed by atoms with Crippen molar-refractivity contribution < 1.29 is 80.2 Å². The molecule has 0 saturated carbocycles. The molecule has 3 N–H and O–H groups in total. The lowest BCUT2D eigenvalue weighted by molar-refractivity contribution is -0.161. The van der Waals surface area contributed by atoms with Gasteiger partial charge in [0.25, 0.3) is 0 Å². The SMILES string of the molecule is CCCCCCCCCCCCCCC(=O)OC[C@H](COP(=O)(O)OC[C@H](O)COP(=O)(O)OC[C@@H](COC(=O)CCCCCCCCCCCCCCC(C)C)OC(=O)CCCCCCCCCCCCCCCCCCC(C)C)OC(=O)CCCCCCCCCCCCCC(C)C. The number of carbonyl (C=O) groups is 4. The quantitative estimate of drug-likeness (QED) is 0.0222. The molecular formula is C81H158O17P2. The molecule has 0 aliphatic rings. The van der Waals surface area contributed by atoms with Crippen molar-refractivity contribution in [2.45, 2.75) is 439 Å². The topological polar surface area (TPSA) is 237 Å². The molecule has 0 bridgehead atoms. The zero-order valence-electron chi connectivity index (χ0n) is 65.7. The van der Waals surface area contributed by atoms with E-state index in [0.29, 0.717) is 25.7 Å². The van der Waals surface area contributed by atoms with Crippen LogP contribution in [0.25, 0.3) is 0 Å². The van der Waals surface area contributed by atoms with Crippen molar-refractivity contribution in [2.24, 2.45) is 17.8 Å². The van der Waals surface area contributed by atoms with E-state index in [0.717, 1.165) is 108 Å². The molecule has 594 valence electrons. The molecule has 2 unspecified atom stereocenters. The Morgan fingerprint density at radius 2 is 0.460 bits per heavy atom. The highest BCUT2D eigenvalue weighted by Crippen LogP contribution is 2.45. The molecule has 0 heterocycles. The number of ether oxygens (including phenoxy) is 4. The Morgan fingerprint density at radius 3 is 0.680 bits per heavy atom. The highest BCUT2D eigenvalue weighted by molar-refractivity contribution is 7.47. The maximum Gasteiger partial charge on any atom is 0.472 e. The fourth-order valence-corrected chi connectivity index (χ4v) is 14.1. The Hall–Kier alpha value is -1.94. The van der Waals surface area contributed by atoms with Gasteiger partial charge >= 0.3 is 39.5 Å². The molecule has 0 fully saturated rings. The van der Waals surface area contributed by atoms with Gasteiger partial charge in [-0.15, -0.1) is 0 Å². The first-order valence-corrected chi connectivity index (χ1v) is 44.8. The standard InChI is InChI=1S/C81H158O17P2/c1-8-9-10-11-12-13-14-27-34-41-48-55-62-78(83)91-68-77(98-81(86)65-58-51-44-37-30-23-26-33-40-47-54-61-74(6)7)71-96-100(89,90)94-67-75(82)66-93-99(87,88)95-70-76(69-92-79(84)63-56-49-42-35-28-22-21-25-32-39-46-53-60-73(4)5)97-80(85)64-57-50-43-36-29-20-18-16-15-17-19-24-31-38-45-52-59-72(2)3/h72-77,82H,8-71H2,1-7H3,(H,87,88)(H,89,90)/t75-,76-,77-/m1/s1. The van der Waals surface area contributed by atoms with Crippen LogP contribution in [0.5, 0.6) is 0 Å². The van der Waals surface area contributed by atoms with Gasteiger partial charge in [0.2, 0.25) is 0 Å². The molecule has 0 radical (unpaired) electrons. The number of phosphoric acid groups is 2. The van der Waals surface area contributed by atoms with E-state index < -0.39 is 97.5 Å². The summed E-state index contributed by atoms with van der Waals surface area (Å²) in [6.07, 6.45) is 59.5. The second kappa shape index (κ2) is 71.3. The number of carbonyl (C=O) groups excluding carboxylic acids is 4. The van der Waals surface area contributed by atoms with Gasteiger partial charge < -0.3 is 33.8 Å². The van der Waals surface area contributed by atoms with Gasteiger partial charge in [-0.3, -0.25) is 37.3 Å². The molecule has 0 saturated heterocycles. The number of rotatable bonds is 79. The van der Waals surface area contributed by atoms with Gasteiger partial charge in [-0.2, -0.15) is 0 Å². The number of aliphatic hydroxyl groups excluding tert-OH is 1. The molecule has 0 aliphatic carbocycles. The van der Waals surface area contributed by atoms with Crippen LogP contribution in [0.1, 0.15) is 421 Å². The summed E-state index contributed by atoms with van der Waals surface area (Å²) in [5, 5.41) is 10.6. The molecule has 0 aromatic carbocycles. The predicted molar refractivity (Wildman–Crippen MR) is 409 cm³/mol. The summed E-state index contributed by atoms with van der Waals surface area (Å²) in [6, 6.07) is 0. The number of aliphatic hydroxyl groups is 1. The highest BCUT2D eigenvalue weighted by Gasteiger charge is 2.30. The Balaban J connectivity index is 5.26. The van der Waals surface area contributed by atoms with Crippen molar-refractivity contribution in [3.05, 3.63) is 0 Å². The number of hydrogen-bond donors (Lipinski definition) is 3. The average molecular weight is 1470 g/mol. The number of esters is 4. The minimum atomic E-state index is -4.96. The lowest BCUT2D eigenvalue weighted by Gasteiger charge is -2.21. The van der Waals surface area contributed by atoms with Crippen LogP contribution in [0.3, 0.4) is 0 Å². The molecule has 0 aliphatic heterocycles. The van der Waals surface area contributed by atoms with E-state index >= 15 is 0 Å². The fourth-order valence-electron chi connectivity index (χ4n) is 12.5. The molecule has 5 atom stereocenters. The van der Waals surface area contributed by atoms with Crippen LogP contribution in [0.2, 0.25) is 0 Å². The third-order valence-corrected chi connectivity index (χ3v) is 20.8. The van der Waals surface area contributed by atoms with Gasteiger partial charge in [0.05, 0.1) is 26.4 Å². The molecule has 0 rings (SSSR count). The Morgan fingerprint density at radius 1 is 0.270 bits per heavy atom. The van der Waals surface area contributed by atoms with E-state index in [2.05, 4.69) is 48.5 Å². The summed E-state index contributed by atoms with van der Waals surface area (Å²) in [5.41, 5.74) is 0. The van der Waals surface area contributed by atoms with Gasteiger partial charge in [0.1, 0.15) is 19.3 Å². The van der Waals surface area contributed by atoms with E-state index in [9.17, 15) is 43.2 Å². The zero-order chi connectivity index (χ0) is 73.7. The van der Waals surface area contributed by atoms with Crippen molar-refractivity contribution >= 4 is 39.5 Å². The van der Waals surface area contributed by atoms with Gasteiger partial charge in [-0.25, -0.2) is 9.13 Å². The van der Waals surface area contributed by atoms with E-state index in [1.165, 1.54) is 231 Å². The van der Waals surface area contributed by atoms with Crippen LogP contribution in [0.4, 0.5) is 0 Å². The Kier molecular flexibility index (Phi) is 69.9. The summed E-state index contributed by atoms with van der Waals surface area (Å²) in [5.74, 6) is 0.247. The average Bonchev–Trinajstić information content (AvgIpc) is 1.18. The monoisotopic (exact) mass is 1470 g/mol. The third kappa shape index (κ3) is 74.3. The van der Waals surface area contributed by atoms with Crippen LogP contribution < -0.4 is 0 Å². The van der Waals surface area contributed by atoms with Crippen molar-refractivity contribution in [1.82, 2.24) is 0 Å². The first-order valence-electron chi connectivity index (χ1n) is 41.8. The largest absolute Gasteiger partial charge is 0.472 e. The fraction of sp³-hybridized carbons (Fsp3) is 0.951. The van der Waals surface area contributed by atoms with Gasteiger partial charge in [0, 0.05) is 25.7 Å². The molecule has 0 aromatic heterocycles. The summed E-state index contributed by atoms with van der Waals surface area (Å²) >= 11 is 0. The van der Waals surface area contributed by atoms with Crippen molar-refractivity contribution in [3.63, 3.8) is 0 Å². The van der Waals surface area contributed by atoms with E-state index in [1.54, 1.807) is 0 Å². The summed E-state index contributed by atoms with van der Waals surface area (Å²) < 4.78 is 68.7. The zero-order valence-corrected chi connectivity index (χ0v) is 67.5. The number of unbranched alkanes of at least 4 members (excludes halogenated alkanes) is 47. The van der Waals surface area contributed by atoms with Crippen LogP contribution in [-0.4, -0.2) is 96.7 Å². The maximum atomic E-state index is 13.1. The van der Waals surface area contributed by atoms with E-state index in [4.69, 9.17) is 37.0 Å². The van der Waals surface area contributed by atoms with E-state index in [-0.39, 0.29) is 25.7 Å². The van der Waals surface area contributed by atoms with Crippen LogP contribution in [0, 0.1) is 17.8 Å². The van der Waals surface area contributed by atoms with Crippen molar-refractivity contribution in [1.29, 1.82) is 0 Å². The molecule has 0 aromatic rings. The minimum absolute atomic E-state index is 0.107. The predicted octanol–water partition coefficient (Wildman–Crippen LogP) is 24.1. The minimum Gasteiger partial charge on any atom is -0.462 e. The van der Waals surface area contributed by atoms with E-state index in [1.807, 2.05) is 0 Å². The van der Waals surface area contributed by atoms with Crippen molar-refractivity contribution in [2.75, 3.05) is 39.6 Å². The smallest absolute Gasteiger partial charge is 0.462 e. The number of phosphoric ester groups is 2. The first kappa shape index (κ1) is 98.1. The molecule has 0 amide bonds.